The average Bonchev–Trinajstić information content (AvgIpc) is 2.84. The molecule has 1 heterocycles. The number of hydrogen-bond donors (Lipinski definition) is 1. The molecule has 0 aromatic heterocycles. The van der Waals surface area contributed by atoms with Crippen molar-refractivity contribution in [3.63, 3.8) is 0 Å². The molecule has 1 saturated heterocycles. The smallest absolute Gasteiger partial charge is 0.125 e. The predicted molar refractivity (Wildman–Crippen MR) is 66.1 cm³/mol. The number of hydrogen-bond acceptors (Lipinski definition) is 3. The second kappa shape index (κ2) is 6.16. The largest absolute Gasteiger partial charge is 0.493 e. The molecule has 4 heteroatoms. The van der Waals surface area contributed by atoms with Crippen LogP contribution in [0.5, 0.6) is 5.75 Å². The van der Waals surface area contributed by atoms with Gasteiger partial charge in [-0.25, -0.2) is 4.39 Å². The monoisotopic (exact) mass is 254 g/mol. The molecule has 0 spiro atoms. The van der Waals surface area contributed by atoms with Crippen LogP contribution in [-0.4, -0.2) is 24.4 Å². The fourth-order valence-corrected chi connectivity index (χ4v) is 2.15. The van der Waals surface area contributed by atoms with Crippen molar-refractivity contribution in [1.82, 2.24) is 0 Å². The Hall–Kier alpha value is -1.13. The Kier molecular flexibility index (Phi) is 4.55. The van der Waals surface area contributed by atoms with Crippen LogP contribution < -0.4 is 4.74 Å². The minimum atomic E-state index is -0.738. The van der Waals surface area contributed by atoms with Crippen LogP contribution in [0.2, 0.25) is 0 Å². The molecule has 2 unspecified atom stereocenters. The van der Waals surface area contributed by atoms with E-state index in [-0.39, 0.29) is 11.9 Å². The van der Waals surface area contributed by atoms with Gasteiger partial charge in [-0.1, -0.05) is 0 Å². The van der Waals surface area contributed by atoms with Crippen molar-refractivity contribution >= 4 is 0 Å². The number of halogens is 1. The highest BCUT2D eigenvalue weighted by Gasteiger charge is 2.16. The van der Waals surface area contributed by atoms with Gasteiger partial charge in [0.05, 0.1) is 18.8 Å². The summed E-state index contributed by atoms with van der Waals surface area (Å²) in [5.41, 5.74) is 0.488. The molecule has 0 bridgehead atoms. The summed E-state index contributed by atoms with van der Waals surface area (Å²) in [5.74, 6) is 0.182. The van der Waals surface area contributed by atoms with E-state index in [9.17, 15) is 9.50 Å². The first-order valence-corrected chi connectivity index (χ1v) is 6.38. The van der Waals surface area contributed by atoms with E-state index in [0.29, 0.717) is 17.9 Å². The molecule has 1 aliphatic heterocycles. The van der Waals surface area contributed by atoms with Crippen molar-refractivity contribution in [3.05, 3.63) is 29.6 Å². The van der Waals surface area contributed by atoms with Crippen molar-refractivity contribution in [2.75, 3.05) is 13.2 Å². The molecule has 2 atom stereocenters. The Labute approximate surface area is 107 Å². The zero-order chi connectivity index (χ0) is 13.0. The molecule has 0 aliphatic carbocycles. The number of aliphatic hydroxyl groups is 1. The van der Waals surface area contributed by atoms with Crippen molar-refractivity contribution in [1.29, 1.82) is 0 Å². The lowest BCUT2D eigenvalue weighted by Gasteiger charge is -2.15. The van der Waals surface area contributed by atoms with Crippen LogP contribution in [0.1, 0.15) is 37.9 Å². The molecular weight excluding hydrogens is 235 g/mol. The van der Waals surface area contributed by atoms with Crippen LogP contribution >= 0.6 is 0 Å². The van der Waals surface area contributed by atoms with E-state index < -0.39 is 6.10 Å². The fourth-order valence-electron chi connectivity index (χ4n) is 2.15. The maximum atomic E-state index is 13.1. The van der Waals surface area contributed by atoms with Crippen LogP contribution in [-0.2, 0) is 4.74 Å². The lowest BCUT2D eigenvalue weighted by molar-refractivity contribution is 0.0896. The molecular formula is C14H19FO3. The van der Waals surface area contributed by atoms with E-state index in [1.165, 1.54) is 12.1 Å². The third-order valence-electron chi connectivity index (χ3n) is 3.14. The molecule has 3 nitrogen and oxygen atoms in total. The van der Waals surface area contributed by atoms with E-state index >= 15 is 0 Å². The summed E-state index contributed by atoms with van der Waals surface area (Å²) in [6.07, 6.45) is 2.56. The Bertz CT molecular complexity index is 387. The van der Waals surface area contributed by atoms with Crippen molar-refractivity contribution < 1.29 is 19.0 Å². The highest BCUT2D eigenvalue weighted by Crippen LogP contribution is 2.26. The molecule has 1 aromatic carbocycles. The van der Waals surface area contributed by atoms with Gasteiger partial charge in [0, 0.05) is 18.6 Å². The molecule has 1 fully saturated rings. The summed E-state index contributed by atoms with van der Waals surface area (Å²) in [6, 6.07) is 4.21. The minimum absolute atomic E-state index is 0.278. The Morgan fingerprint density at radius 3 is 3.06 bits per heavy atom. The standard InChI is InChI=1S/C14H19FO3/c1-10(16)13-9-11(15)4-5-14(13)18-8-6-12-3-2-7-17-12/h4-5,9-10,12,16H,2-3,6-8H2,1H3. The first kappa shape index (κ1) is 13.3. The molecule has 100 valence electrons. The van der Waals surface area contributed by atoms with Crippen LogP contribution in [0, 0.1) is 5.82 Å². The van der Waals surface area contributed by atoms with Crippen molar-refractivity contribution in [2.24, 2.45) is 0 Å². The predicted octanol–water partition coefficient (Wildman–Crippen LogP) is 2.83. The average molecular weight is 254 g/mol. The van der Waals surface area contributed by atoms with Crippen LogP contribution in [0.15, 0.2) is 18.2 Å². The van der Waals surface area contributed by atoms with Gasteiger partial charge in [0.15, 0.2) is 0 Å². The van der Waals surface area contributed by atoms with Crippen molar-refractivity contribution in [2.45, 2.75) is 38.4 Å². The summed E-state index contributed by atoms with van der Waals surface area (Å²) in [7, 11) is 0. The SMILES string of the molecule is CC(O)c1cc(F)ccc1OCCC1CCCO1. The van der Waals surface area contributed by atoms with Crippen molar-refractivity contribution in [3.8, 4) is 5.75 Å². The van der Waals surface area contributed by atoms with E-state index in [1.54, 1.807) is 13.0 Å². The van der Waals surface area contributed by atoms with Crippen LogP contribution in [0.3, 0.4) is 0 Å². The van der Waals surface area contributed by atoms with E-state index in [4.69, 9.17) is 9.47 Å². The first-order valence-electron chi connectivity index (χ1n) is 6.38. The third kappa shape index (κ3) is 3.43. The molecule has 1 aromatic rings. The van der Waals surface area contributed by atoms with E-state index in [0.717, 1.165) is 25.9 Å². The molecule has 2 rings (SSSR count). The molecule has 0 saturated carbocycles. The van der Waals surface area contributed by atoms with Gasteiger partial charge in [-0.05, 0) is 38.0 Å². The van der Waals surface area contributed by atoms with E-state index in [1.807, 2.05) is 0 Å². The number of aliphatic hydroxyl groups excluding tert-OH is 1. The number of rotatable bonds is 5. The van der Waals surface area contributed by atoms with Gasteiger partial charge in [0.2, 0.25) is 0 Å². The Morgan fingerprint density at radius 2 is 2.39 bits per heavy atom. The Morgan fingerprint density at radius 1 is 1.56 bits per heavy atom. The summed E-state index contributed by atoms with van der Waals surface area (Å²) in [4.78, 5) is 0. The summed E-state index contributed by atoms with van der Waals surface area (Å²) < 4.78 is 24.2. The lowest BCUT2D eigenvalue weighted by atomic mass is 10.1. The van der Waals surface area contributed by atoms with Gasteiger partial charge in [-0.2, -0.15) is 0 Å². The maximum Gasteiger partial charge on any atom is 0.125 e. The van der Waals surface area contributed by atoms with Crippen LogP contribution in [0.4, 0.5) is 4.39 Å². The molecule has 18 heavy (non-hydrogen) atoms. The minimum Gasteiger partial charge on any atom is -0.493 e. The van der Waals surface area contributed by atoms with Gasteiger partial charge in [-0.15, -0.1) is 0 Å². The van der Waals surface area contributed by atoms with Crippen LogP contribution in [0.25, 0.3) is 0 Å². The van der Waals surface area contributed by atoms with Gasteiger partial charge >= 0.3 is 0 Å². The quantitative estimate of drug-likeness (QED) is 0.878. The third-order valence-corrected chi connectivity index (χ3v) is 3.14. The van der Waals surface area contributed by atoms with Gasteiger partial charge in [0.25, 0.3) is 0 Å². The topological polar surface area (TPSA) is 38.7 Å². The Balaban J connectivity index is 1.91. The normalized spacial score (nSPS) is 20.9. The summed E-state index contributed by atoms with van der Waals surface area (Å²) in [6.45, 7) is 2.96. The molecule has 0 radical (unpaired) electrons. The summed E-state index contributed by atoms with van der Waals surface area (Å²) >= 11 is 0. The van der Waals surface area contributed by atoms with Gasteiger partial charge < -0.3 is 14.6 Å². The highest BCUT2D eigenvalue weighted by molar-refractivity contribution is 5.35. The highest BCUT2D eigenvalue weighted by atomic mass is 19.1. The maximum absolute atomic E-state index is 13.1. The number of ether oxygens (including phenoxy) is 2. The van der Waals surface area contributed by atoms with E-state index in [2.05, 4.69) is 0 Å². The summed E-state index contributed by atoms with van der Waals surface area (Å²) in [5, 5.41) is 9.57. The second-order valence-corrected chi connectivity index (χ2v) is 4.63. The molecule has 1 N–H and O–H groups in total. The fraction of sp³-hybridized carbons (Fsp3) is 0.571. The van der Waals surface area contributed by atoms with Gasteiger partial charge in [0.1, 0.15) is 11.6 Å². The molecule has 1 aliphatic rings. The lowest BCUT2D eigenvalue weighted by Crippen LogP contribution is -2.11. The first-order chi connectivity index (χ1) is 8.66. The van der Waals surface area contributed by atoms with Gasteiger partial charge in [-0.3, -0.25) is 0 Å². The second-order valence-electron chi connectivity index (χ2n) is 4.63. The molecule has 0 amide bonds. The zero-order valence-electron chi connectivity index (χ0n) is 10.6. The zero-order valence-corrected chi connectivity index (χ0v) is 10.6. The number of benzene rings is 1.